The summed E-state index contributed by atoms with van der Waals surface area (Å²) in [6.45, 7) is 30.1. The number of aromatic nitrogens is 2. The fraction of sp³-hybridized carbons (Fsp3) is 0.630. The number of piperidine rings is 2. The van der Waals surface area contributed by atoms with Gasteiger partial charge >= 0.3 is 0 Å². The van der Waals surface area contributed by atoms with E-state index >= 15 is 0 Å². The van der Waals surface area contributed by atoms with Gasteiger partial charge in [0.05, 0.1) is 29.3 Å². The standard InChI is InChI=1S/C28H32FN5O4.C5H11N.6C2H6.CH3.Y/c1-38-20-8-10-32(11-9-20)18-26(35)33-12-14-34(15-13-33)28(37)23-16-19(6-7-24(23)29)17-25-21-4-2-3-5-22(21)27(36)31-30-25;1-2-4-6-5-3-1;6*1-2;;/h2-7,16,20H,8-15,17-18H2,1H3,(H,31,36);6H,1-5H2;6*1-2H3;1H3;/q;;;;;;;;-1;. The first kappa shape index (κ1) is 62.1. The Labute approximate surface area is 378 Å². The smallest absolute Gasteiger partial charge is 0.272 e. The van der Waals surface area contributed by atoms with Gasteiger partial charge in [-0.1, -0.05) is 114 Å². The zero-order valence-electron chi connectivity index (χ0n) is 39.1. The molecular weight excluding hydrogens is 808 g/mol. The number of H-pyrrole nitrogens is 1. The number of piperazine rings is 1. The third-order valence-electron chi connectivity index (χ3n) is 8.76. The Morgan fingerprint density at radius 2 is 1.28 bits per heavy atom. The minimum absolute atomic E-state index is 0. The summed E-state index contributed by atoms with van der Waals surface area (Å²) in [6.07, 6.45) is 6.66. The van der Waals surface area contributed by atoms with E-state index in [0.29, 0.717) is 55.8 Å². The first-order valence-corrected chi connectivity index (χ1v) is 21.7. The average molecular weight is 891 g/mol. The van der Waals surface area contributed by atoms with E-state index in [-0.39, 0.29) is 63.3 Å². The maximum atomic E-state index is 14.7. The molecule has 3 fully saturated rings. The van der Waals surface area contributed by atoms with Gasteiger partial charge in [0.15, 0.2) is 0 Å². The minimum Gasteiger partial charge on any atom is -0.381 e. The van der Waals surface area contributed by atoms with Gasteiger partial charge in [-0.2, -0.15) is 5.10 Å². The molecule has 0 aliphatic carbocycles. The third-order valence-corrected chi connectivity index (χ3v) is 8.76. The van der Waals surface area contributed by atoms with Crippen LogP contribution in [-0.2, 0) is 48.7 Å². The summed E-state index contributed by atoms with van der Waals surface area (Å²) in [6, 6.07) is 11.6. The van der Waals surface area contributed by atoms with E-state index in [9.17, 15) is 18.8 Å². The number of ether oxygens (including phenoxy) is 1. The van der Waals surface area contributed by atoms with Gasteiger partial charge in [0.1, 0.15) is 5.82 Å². The molecule has 2 aromatic carbocycles. The summed E-state index contributed by atoms with van der Waals surface area (Å²) in [4.78, 5) is 43.7. The number of amides is 2. The number of nitrogens with zero attached hydrogens (tertiary/aromatic N) is 4. The Balaban J connectivity index is -0.000000627. The zero-order chi connectivity index (χ0) is 42.9. The van der Waals surface area contributed by atoms with Crippen LogP contribution in [0, 0.1) is 13.2 Å². The first-order valence-electron chi connectivity index (χ1n) is 21.7. The predicted octanol–water partition coefficient (Wildman–Crippen LogP) is 9.41. The van der Waals surface area contributed by atoms with Crippen molar-refractivity contribution in [2.24, 2.45) is 0 Å². The molecule has 3 aliphatic heterocycles. The van der Waals surface area contributed by atoms with Gasteiger partial charge in [-0.05, 0) is 62.5 Å². The van der Waals surface area contributed by atoms with Crippen LogP contribution < -0.4 is 10.9 Å². The first-order chi connectivity index (χ1) is 27.4. The van der Waals surface area contributed by atoms with Crippen LogP contribution in [0.1, 0.15) is 137 Å². The van der Waals surface area contributed by atoms with Crippen molar-refractivity contribution in [1.29, 1.82) is 0 Å². The van der Waals surface area contributed by atoms with E-state index in [1.807, 2.05) is 95.2 Å². The molecule has 4 heterocycles. The fourth-order valence-electron chi connectivity index (χ4n) is 6.07. The number of halogens is 1. The van der Waals surface area contributed by atoms with Crippen molar-refractivity contribution in [2.75, 3.05) is 66.0 Å². The van der Waals surface area contributed by atoms with Crippen LogP contribution in [0.2, 0.25) is 0 Å². The molecule has 0 bridgehead atoms. The van der Waals surface area contributed by atoms with Crippen LogP contribution in [0.3, 0.4) is 0 Å². The molecule has 3 saturated heterocycles. The van der Waals surface area contributed by atoms with E-state index in [2.05, 4.69) is 20.4 Å². The van der Waals surface area contributed by atoms with Gasteiger partial charge in [-0.3, -0.25) is 19.3 Å². The SMILES string of the molecule is C1CCNCC1.CC.CC.CC.CC.CC.CC.COC1CCN(CC(=O)N2CCN(C(=O)c3cc(Cc4n[nH]c(=O)c5ccccc45)ccc3F)CC2)CC1.[CH3-].[Y]. The largest absolute Gasteiger partial charge is 0.381 e. The maximum absolute atomic E-state index is 14.7. The van der Waals surface area contributed by atoms with Crippen molar-refractivity contribution in [3.8, 4) is 0 Å². The zero-order valence-corrected chi connectivity index (χ0v) is 41.9. The summed E-state index contributed by atoms with van der Waals surface area (Å²) < 4.78 is 20.1. The fourth-order valence-corrected chi connectivity index (χ4v) is 6.07. The topological polar surface area (TPSA) is 111 Å². The predicted molar refractivity (Wildman–Crippen MR) is 242 cm³/mol. The average Bonchev–Trinajstić information content (AvgIpc) is 3.30. The van der Waals surface area contributed by atoms with Gasteiger partial charge in [0, 0.05) is 90.9 Å². The van der Waals surface area contributed by atoms with Crippen molar-refractivity contribution >= 4 is 22.6 Å². The van der Waals surface area contributed by atoms with E-state index in [0.717, 1.165) is 31.3 Å². The summed E-state index contributed by atoms with van der Waals surface area (Å²) in [5.41, 5.74) is 1.08. The van der Waals surface area contributed by atoms with Crippen LogP contribution in [0.25, 0.3) is 10.8 Å². The number of likely N-dealkylation sites (tertiary alicyclic amines) is 1. The molecule has 1 aromatic heterocycles. The van der Waals surface area contributed by atoms with Gasteiger partial charge < -0.3 is 27.3 Å². The Morgan fingerprint density at radius 1 is 0.759 bits per heavy atom. The molecule has 58 heavy (non-hydrogen) atoms. The monoisotopic (exact) mass is 891 g/mol. The molecule has 0 spiro atoms. The summed E-state index contributed by atoms with van der Waals surface area (Å²) >= 11 is 0. The van der Waals surface area contributed by atoms with Crippen molar-refractivity contribution < 1.29 is 51.4 Å². The number of hydrogen-bond acceptors (Lipinski definition) is 7. The second kappa shape index (κ2) is 39.9. The van der Waals surface area contributed by atoms with Crippen LogP contribution in [0.5, 0.6) is 0 Å². The van der Waals surface area contributed by atoms with Crippen molar-refractivity contribution in [2.45, 2.75) is 128 Å². The van der Waals surface area contributed by atoms with Gasteiger partial charge in [0.2, 0.25) is 5.91 Å². The number of rotatable bonds is 6. The van der Waals surface area contributed by atoms with Crippen LogP contribution in [0.15, 0.2) is 47.3 Å². The van der Waals surface area contributed by atoms with Crippen molar-refractivity contribution in [3.05, 3.63) is 82.9 Å². The normalized spacial score (nSPS) is 14.4. The molecule has 0 saturated carbocycles. The Bertz CT molecular complexity index is 1480. The Hall–Kier alpha value is -2.57. The van der Waals surface area contributed by atoms with E-state index in [1.165, 1.54) is 38.4 Å². The minimum atomic E-state index is -0.587. The second-order valence-corrected chi connectivity index (χ2v) is 11.7. The number of fused-ring (bicyclic) bond motifs is 1. The summed E-state index contributed by atoms with van der Waals surface area (Å²) in [7, 11) is 1.72. The number of carbonyl (C=O) groups is 2. The molecular formula is C46H82FN6O4Y-. The molecule has 6 rings (SSSR count). The number of nitrogens with one attached hydrogen (secondary N) is 2. The van der Waals surface area contributed by atoms with Crippen LogP contribution in [0.4, 0.5) is 4.39 Å². The summed E-state index contributed by atoms with van der Waals surface area (Å²) in [5, 5.41) is 11.2. The molecule has 0 atom stereocenters. The van der Waals surface area contributed by atoms with E-state index < -0.39 is 11.7 Å². The second-order valence-electron chi connectivity index (χ2n) is 11.7. The third kappa shape index (κ3) is 21.6. The molecule has 3 aliphatic rings. The summed E-state index contributed by atoms with van der Waals surface area (Å²) in [5.74, 6) is -0.921. The molecule has 1 radical (unpaired) electrons. The molecule has 0 unspecified atom stereocenters. The van der Waals surface area contributed by atoms with Crippen molar-refractivity contribution in [3.63, 3.8) is 0 Å². The number of aromatic amines is 1. The quantitative estimate of drug-likeness (QED) is 0.238. The van der Waals surface area contributed by atoms with Crippen LogP contribution in [-0.4, -0.2) is 109 Å². The van der Waals surface area contributed by atoms with E-state index in [4.69, 9.17) is 4.74 Å². The molecule has 3 aromatic rings. The van der Waals surface area contributed by atoms with Gasteiger partial charge in [-0.25, -0.2) is 9.49 Å². The Kier molecular flexibility index (Phi) is 42.7. The molecule has 2 N–H and O–H groups in total. The maximum Gasteiger partial charge on any atom is 0.272 e. The van der Waals surface area contributed by atoms with Crippen molar-refractivity contribution in [1.82, 2.24) is 30.2 Å². The van der Waals surface area contributed by atoms with Gasteiger partial charge in [-0.15, -0.1) is 0 Å². The number of benzene rings is 2. The molecule has 12 heteroatoms. The van der Waals surface area contributed by atoms with E-state index in [1.54, 1.807) is 41.2 Å². The number of hydrogen-bond donors (Lipinski definition) is 2. The number of methoxy groups -OCH3 is 1. The molecule has 2 amide bonds. The van der Waals surface area contributed by atoms with Crippen LogP contribution >= 0.6 is 0 Å². The Morgan fingerprint density at radius 3 is 1.76 bits per heavy atom. The molecule has 331 valence electrons. The molecule has 10 nitrogen and oxygen atoms in total. The number of carbonyl (C=O) groups excluding carboxylic acids is 2. The van der Waals surface area contributed by atoms with Gasteiger partial charge in [0.25, 0.3) is 11.5 Å².